The molecule has 0 bridgehead atoms. The van der Waals surface area contributed by atoms with E-state index >= 15 is 0 Å². The summed E-state index contributed by atoms with van der Waals surface area (Å²) in [6.07, 6.45) is -0.501. The highest BCUT2D eigenvalue weighted by molar-refractivity contribution is 5.96. The zero-order chi connectivity index (χ0) is 18.6. The molecule has 0 radical (unpaired) electrons. The minimum atomic E-state index is -4.54. The van der Waals surface area contributed by atoms with Gasteiger partial charge in [0.25, 0.3) is 5.91 Å². The first-order valence-corrected chi connectivity index (χ1v) is 9.24. The van der Waals surface area contributed by atoms with Crippen molar-refractivity contribution in [2.24, 2.45) is 0 Å². The van der Waals surface area contributed by atoms with Gasteiger partial charge < -0.3 is 14.5 Å². The Morgan fingerprint density at radius 1 is 1.08 bits per heavy atom. The molecule has 2 heterocycles. The Kier molecular flexibility index (Phi) is 6.19. The van der Waals surface area contributed by atoms with Crippen molar-refractivity contribution in [1.29, 1.82) is 0 Å². The van der Waals surface area contributed by atoms with Crippen molar-refractivity contribution < 1.29 is 22.7 Å². The van der Waals surface area contributed by atoms with Crippen LogP contribution < -0.4 is 0 Å². The molecular weight excluding hydrogens is 345 g/mol. The van der Waals surface area contributed by atoms with Crippen LogP contribution in [0, 0.1) is 0 Å². The molecule has 2 saturated heterocycles. The van der Waals surface area contributed by atoms with Crippen LogP contribution in [0.4, 0.5) is 13.2 Å². The van der Waals surface area contributed by atoms with Crippen LogP contribution in [0.15, 0.2) is 24.3 Å². The number of halogens is 3. The van der Waals surface area contributed by atoms with E-state index in [1.165, 1.54) is 29.5 Å². The Morgan fingerprint density at radius 2 is 1.81 bits per heavy atom. The molecule has 1 aromatic rings. The monoisotopic (exact) mass is 370 g/mol. The highest BCUT2D eigenvalue weighted by Crippen LogP contribution is 2.32. The molecule has 1 aromatic carbocycles. The average Bonchev–Trinajstić information content (AvgIpc) is 2.87. The maximum Gasteiger partial charge on any atom is 0.417 e. The Balaban J connectivity index is 1.72. The van der Waals surface area contributed by atoms with E-state index in [0.717, 1.165) is 38.5 Å². The first-order chi connectivity index (χ1) is 12.4. The Morgan fingerprint density at radius 3 is 2.54 bits per heavy atom. The Bertz CT molecular complexity index is 615. The average molecular weight is 370 g/mol. The molecule has 1 atom stereocenters. The van der Waals surface area contributed by atoms with Crippen molar-refractivity contribution in [3.05, 3.63) is 35.4 Å². The van der Waals surface area contributed by atoms with E-state index in [-0.39, 0.29) is 11.7 Å². The zero-order valence-corrected chi connectivity index (χ0v) is 14.8. The number of amides is 1. The van der Waals surface area contributed by atoms with E-state index in [2.05, 4.69) is 4.90 Å². The fraction of sp³-hybridized carbons (Fsp3) is 0.632. The summed E-state index contributed by atoms with van der Waals surface area (Å²) in [5.74, 6) is -0.563. The number of carbonyl (C=O) groups excluding carboxylic acids is 1. The van der Waals surface area contributed by atoms with Crippen molar-refractivity contribution in [2.75, 3.05) is 39.3 Å². The van der Waals surface area contributed by atoms with Gasteiger partial charge in [-0.15, -0.1) is 0 Å². The number of alkyl halides is 3. The van der Waals surface area contributed by atoms with Gasteiger partial charge in [-0.3, -0.25) is 4.79 Å². The second-order valence-electron chi connectivity index (χ2n) is 7.00. The normalized spacial score (nSPS) is 22.9. The molecule has 2 fully saturated rings. The van der Waals surface area contributed by atoms with Gasteiger partial charge in [-0.25, -0.2) is 0 Å². The number of carbonyl (C=O) groups is 1. The van der Waals surface area contributed by atoms with Crippen LogP contribution >= 0.6 is 0 Å². The van der Waals surface area contributed by atoms with E-state index in [1.54, 1.807) is 0 Å². The number of piperidine rings is 1. The topological polar surface area (TPSA) is 32.8 Å². The van der Waals surface area contributed by atoms with E-state index < -0.39 is 17.6 Å². The predicted octanol–water partition coefficient (Wildman–Crippen LogP) is 3.42. The van der Waals surface area contributed by atoms with Gasteiger partial charge in [0.05, 0.1) is 17.2 Å². The fourth-order valence-electron chi connectivity index (χ4n) is 3.71. The lowest BCUT2D eigenvalue weighted by Gasteiger charge is -2.31. The van der Waals surface area contributed by atoms with Gasteiger partial charge in [-0.2, -0.15) is 13.2 Å². The minimum Gasteiger partial charge on any atom is -0.375 e. The summed E-state index contributed by atoms with van der Waals surface area (Å²) in [5.41, 5.74) is -1.15. The molecule has 0 N–H and O–H groups in total. The number of hydrogen-bond acceptors (Lipinski definition) is 3. The van der Waals surface area contributed by atoms with Gasteiger partial charge in [0.2, 0.25) is 0 Å². The molecular formula is C19H25F3N2O2. The SMILES string of the molecule is O=C(c1ccccc1C(F)(F)F)N1CCCOC(CN2CCCCC2)C1. The largest absolute Gasteiger partial charge is 0.417 e. The minimum absolute atomic E-state index is 0.155. The molecule has 3 rings (SSSR count). The van der Waals surface area contributed by atoms with Gasteiger partial charge in [-0.05, 0) is 44.5 Å². The number of likely N-dealkylation sites (tertiary alicyclic amines) is 1. The van der Waals surface area contributed by atoms with E-state index in [9.17, 15) is 18.0 Å². The summed E-state index contributed by atoms with van der Waals surface area (Å²) in [5, 5.41) is 0. The van der Waals surface area contributed by atoms with Gasteiger partial charge in [0.1, 0.15) is 0 Å². The van der Waals surface area contributed by atoms with Crippen molar-refractivity contribution in [3.63, 3.8) is 0 Å². The van der Waals surface area contributed by atoms with Crippen LogP contribution in [0.3, 0.4) is 0 Å². The molecule has 0 saturated carbocycles. The van der Waals surface area contributed by atoms with Crippen molar-refractivity contribution in [2.45, 2.75) is 38.0 Å². The highest BCUT2D eigenvalue weighted by atomic mass is 19.4. The summed E-state index contributed by atoms with van der Waals surface area (Å²) in [6.45, 7) is 4.05. The van der Waals surface area contributed by atoms with Crippen LogP contribution in [0.25, 0.3) is 0 Å². The molecule has 0 aliphatic carbocycles. The van der Waals surface area contributed by atoms with Gasteiger partial charge in [-0.1, -0.05) is 18.6 Å². The first-order valence-electron chi connectivity index (χ1n) is 9.24. The molecule has 1 amide bonds. The Hall–Kier alpha value is -1.60. The van der Waals surface area contributed by atoms with Crippen LogP contribution in [0.1, 0.15) is 41.6 Å². The molecule has 1 unspecified atom stereocenters. The van der Waals surface area contributed by atoms with E-state index in [0.29, 0.717) is 26.1 Å². The predicted molar refractivity (Wildman–Crippen MR) is 92.0 cm³/mol. The second-order valence-corrected chi connectivity index (χ2v) is 7.00. The maximum atomic E-state index is 13.2. The van der Waals surface area contributed by atoms with Gasteiger partial charge in [0.15, 0.2) is 0 Å². The van der Waals surface area contributed by atoms with Gasteiger partial charge in [0, 0.05) is 26.2 Å². The van der Waals surface area contributed by atoms with Gasteiger partial charge >= 0.3 is 6.18 Å². The third-order valence-electron chi connectivity index (χ3n) is 5.01. The van der Waals surface area contributed by atoms with E-state index in [4.69, 9.17) is 4.74 Å². The summed E-state index contributed by atoms with van der Waals surface area (Å²) in [7, 11) is 0. The Labute approximate surface area is 151 Å². The molecule has 144 valence electrons. The fourth-order valence-corrected chi connectivity index (χ4v) is 3.71. The standard InChI is InChI=1S/C19H25F3N2O2/c20-19(21,22)17-8-3-2-7-16(17)18(25)24-11-6-12-26-15(14-24)13-23-9-4-1-5-10-23/h2-3,7-8,15H,1,4-6,9-14H2. The summed E-state index contributed by atoms with van der Waals surface area (Å²) >= 11 is 0. The van der Waals surface area contributed by atoms with Crippen LogP contribution in [-0.2, 0) is 10.9 Å². The van der Waals surface area contributed by atoms with Crippen molar-refractivity contribution in [3.8, 4) is 0 Å². The highest BCUT2D eigenvalue weighted by Gasteiger charge is 2.36. The lowest BCUT2D eigenvalue weighted by atomic mass is 10.1. The lowest BCUT2D eigenvalue weighted by Crippen LogP contribution is -2.44. The molecule has 7 heteroatoms. The second kappa shape index (κ2) is 8.39. The zero-order valence-electron chi connectivity index (χ0n) is 14.8. The summed E-state index contributed by atoms with van der Waals surface area (Å²) in [4.78, 5) is 16.7. The molecule has 4 nitrogen and oxygen atoms in total. The van der Waals surface area contributed by atoms with Crippen LogP contribution in [0.2, 0.25) is 0 Å². The molecule has 0 aromatic heterocycles. The summed E-state index contributed by atoms with van der Waals surface area (Å²) < 4.78 is 45.6. The molecule has 2 aliphatic heterocycles. The summed E-state index contributed by atoms with van der Waals surface area (Å²) in [6, 6.07) is 5.01. The first kappa shape index (κ1) is 19.2. The number of hydrogen-bond donors (Lipinski definition) is 0. The maximum absolute atomic E-state index is 13.2. The molecule has 26 heavy (non-hydrogen) atoms. The van der Waals surface area contributed by atoms with E-state index in [1.807, 2.05) is 0 Å². The third kappa shape index (κ3) is 4.76. The molecule has 2 aliphatic rings. The lowest BCUT2D eigenvalue weighted by molar-refractivity contribution is -0.138. The number of nitrogens with zero attached hydrogens (tertiary/aromatic N) is 2. The van der Waals surface area contributed by atoms with Crippen molar-refractivity contribution >= 4 is 5.91 Å². The van der Waals surface area contributed by atoms with Crippen molar-refractivity contribution in [1.82, 2.24) is 9.80 Å². The van der Waals surface area contributed by atoms with Crippen LogP contribution in [-0.4, -0.2) is 61.1 Å². The molecule has 0 spiro atoms. The van der Waals surface area contributed by atoms with Crippen LogP contribution in [0.5, 0.6) is 0 Å². The number of ether oxygens (including phenoxy) is 1. The number of rotatable bonds is 3. The quantitative estimate of drug-likeness (QED) is 0.817. The number of benzene rings is 1. The smallest absolute Gasteiger partial charge is 0.375 e. The third-order valence-corrected chi connectivity index (χ3v) is 5.01.